The van der Waals surface area contributed by atoms with Crippen LogP contribution in [0.1, 0.15) is 37.6 Å². The van der Waals surface area contributed by atoms with Gasteiger partial charge in [-0.15, -0.1) is 0 Å². The third kappa shape index (κ3) is 5.05. The van der Waals surface area contributed by atoms with Crippen LogP contribution in [0.4, 0.5) is 22.0 Å². The molecule has 2 aromatic carbocycles. The summed E-state index contributed by atoms with van der Waals surface area (Å²) in [6, 6.07) is 7.20. The van der Waals surface area contributed by atoms with Gasteiger partial charge in [0.1, 0.15) is 0 Å². The maximum absolute atomic E-state index is 14.3. The molecule has 0 atom stereocenters. The summed E-state index contributed by atoms with van der Waals surface area (Å²) in [5, 5.41) is 4.29. The van der Waals surface area contributed by atoms with E-state index in [2.05, 4.69) is 5.10 Å². The number of aryl methyl sites for hydroxylation is 2. The average Bonchev–Trinajstić information content (AvgIpc) is 3.03. The molecule has 4 nitrogen and oxygen atoms in total. The number of carbonyl (C=O) groups excluding carboxylic acids is 1. The number of rotatable bonds is 5. The van der Waals surface area contributed by atoms with Gasteiger partial charge in [-0.25, -0.2) is 26.6 Å². The highest BCUT2D eigenvalue weighted by Crippen LogP contribution is 2.43. The number of nitrogens with zero attached hydrogens (tertiary/aromatic N) is 2. The average molecular weight is 484 g/mol. The molecule has 1 heterocycles. The zero-order valence-electron chi connectivity index (χ0n) is 18.5. The molecule has 0 aliphatic rings. The summed E-state index contributed by atoms with van der Waals surface area (Å²) in [4.78, 5) is 11.5. The lowest BCUT2D eigenvalue weighted by Crippen LogP contribution is -2.26. The van der Waals surface area contributed by atoms with Crippen LogP contribution in [0.2, 0.25) is 0 Å². The summed E-state index contributed by atoms with van der Waals surface area (Å²) in [6.07, 6.45) is -0.0946. The summed E-state index contributed by atoms with van der Waals surface area (Å²) >= 11 is 0.262. The van der Waals surface area contributed by atoms with E-state index >= 15 is 0 Å². The molecule has 3 rings (SSSR count). The van der Waals surface area contributed by atoms with Gasteiger partial charge in [0.15, 0.2) is 23.3 Å². The molecule has 0 fully saturated rings. The summed E-state index contributed by atoms with van der Waals surface area (Å²) in [5.41, 5.74) is 1.10. The van der Waals surface area contributed by atoms with Crippen molar-refractivity contribution in [3.63, 3.8) is 0 Å². The van der Waals surface area contributed by atoms with Crippen molar-refractivity contribution in [1.29, 1.82) is 0 Å². The molecule has 3 aromatic rings. The zero-order chi connectivity index (χ0) is 24.7. The van der Waals surface area contributed by atoms with E-state index in [0.717, 1.165) is 5.56 Å². The SMILES string of the molecule is Cc1cccc(CC(=O)Oc2c(Sc3c(F)c(F)c(F)c(F)c3F)c(C)nn2C(C)(C)C)c1. The van der Waals surface area contributed by atoms with E-state index < -0.39 is 45.5 Å². The lowest BCUT2D eigenvalue weighted by Gasteiger charge is -2.22. The molecular weight excluding hydrogens is 463 g/mol. The molecular formula is C23H21F5N2O2S. The number of carbonyl (C=O) groups is 1. The predicted molar refractivity (Wildman–Crippen MR) is 113 cm³/mol. The van der Waals surface area contributed by atoms with Gasteiger partial charge in [0.2, 0.25) is 11.7 Å². The van der Waals surface area contributed by atoms with Crippen molar-refractivity contribution in [2.75, 3.05) is 0 Å². The summed E-state index contributed by atoms with van der Waals surface area (Å²) in [6.45, 7) is 8.61. The molecule has 0 aliphatic carbocycles. The number of benzene rings is 2. The van der Waals surface area contributed by atoms with Gasteiger partial charge in [0.25, 0.3) is 0 Å². The first-order valence-electron chi connectivity index (χ1n) is 9.86. The fourth-order valence-electron chi connectivity index (χ4n) is 3.06. The number of hydrogen-bond acceptors (Lipinski definition) is 4. The lowest BCUT2D eigenvalue weighted by atomic mass is 10.1. The van der Waals surface area contributed by atoms with E-state index in [1.54, 1.807) is 39.0 Å². The highest BCUT2D eigenvalue weighted by Gasteiger charge is 2.31. The van der Waals surface area contributed by atoms with Gasteiger partial charge < -0.3 is 4.74 Å². The molecule has 33 heavy (non-hydrogen) atoms. The van der Waals surface area contributed by atoms with Crippen LogP contribution in [0, 0.1) is 42.9 Å². The quantitative estimate of drug-likeness (QED) is 0.186. The van der Waals surface area contributed by atoms with Gasteiger partial charge in [0, 0.05) is 0 Å². The minimum atomic E-state index is -2.25. The Labute approximate surface area is 191 Å². The van der Waals surface area contributed by atoms with Crippen molar-refractivity contribution in [1.82, 2.24) is 9.78 Å². The number of esters is 1. The van der Waals surface area contributed by atoms with Crippen molar-refractivity contribution in [3.05, 3.63) is 70.2 Å². The summed E-state index contributed by atoms with van der Waals surface area (Å²) in [5.74, 6) is -11.1. The molecule has 0 radical (unpaired) electrons. The smallest absolute Gasteiger partial charge is 0.317 e. The van der Waals surface area contributed by atoms with Gasteiger partial charge in [-0.3, -0.25) is 4.79 Å². The second-order valence-corrected chi connectivity index (χ2v) is 9.46. The molecule has 0 saturated carbocycles. The first kappa shape index (κ1) is 24.8. The molecule has 0 aliphatic heterocycles. The summed E-state index contributed by atoms with van der Waals surface area (Å²) in [7, 11) is 0. The molecule has 0 N–H and O–H groups in total. The van der Waals surface area contributed by atoms with Crippen LogP contribution >= 0.6 is 11.8 Å². The lowest BCUT2D eigenvalue weighted by molar-refractivity contribution is -0.134. The Morgan fingerprint density at radius 2 is 1.55 bits per heavy atom. The van der Waals surface area contributed by atoms with Crippen LogP contribution in [-0.2, 0) is 16.8 Å². The zero-order valence-corrected chi connectivity index (χ0v) is 19.3. The Morgan fingerprint density at radius 3 is 2.09 bits per heavy atom. The van der Waals surface area contributed by atoms with Gasteiger partial charge in [0.05, 0.1) is 27.4 Å². The Morgan fingerprint density at radius 1 is 0.970 bits per heavy atom. The topological polar surface area (TPSA) is 44.1 Å². The molecule has 0 unspecified atom stereocenters. The van der Waals surface area contributed by atoms with Crippen LogP contribution in [-0.4, -0.2) is 15.7 Å². The predicted octanol–water partition coefficient (Wildman–Crippen LogP) is 6.25. The van der Waals surface area contributed by atoms with Crippen molar-refractivity contribution < 1.29 is 31.5 Å². The minimum Gasteiger partial charge on any atom is -0.406 e. The van der Waals surface area contributed by atoms with Gasteiger partial charge >= 0.3 is 5.97 Å². The summed E-state index contributed by atoms with van der Waals surface area (Å²) < 4.78 is 76.3. The monoisotopic (exact) mass is 484 g/mol. The van der Waals surface area contributed by atoms with Crippen LogP contribution < -0.4 is 4.74 Å². The first-order chi connectivity index (χ1) is 15.3. The minimum absolute atomic E-state index is 0.0364. The molecule has 0 bridgehead atoms. The maximum Gasteiger partial charge on any atom is 0.317 e. The highest BCUT2D eigenvalue weighted by molar-refractivity contribution is 7.99. The van der Waals surface area contributed by atoms with Gasteiger partial charge in [-0.2, -0.15) is 5.10 Å². The van der Waals surface area contributed by atoms with E-state index in [4.69, 9.17) is 4.74 Å². The van der Waals surface area contributed by atoms with E-state index in [9.17, 15) is 26.7 Å². The fourth-order valence-corrected chi connectivity index (χ4v) is 4.03. The van der Waals surface area contributed by atoms with Gasteiger partial charge in [-0.05, 0) is 40.2 Å². The van der Waals surface area contributed by atoms with Crippen LogP contribution in [0.3, 0.4) is 0 Å². The number of ether oxygens (including phenoxy) is 1. The highest BCUT2D eigenvalue weighted by atomic mass is 32.2. The molecule has 10 heteroatoms. The molecule has 0 spiro atoms. The third-order valence-corrected chi connectivity index (χ3v) is 5.85. The van der Waals surface area contributed by atoms with E-state index in [-0.39, 0.29) is 34.7 Å². The van der Waals surface area contributed by atoms with Crippen molar-refractivity contribution in [2.45, 2.75) is 56.4 Å². The van der Waals surface area contributed by atoms with E-state index in [1.165, 1.54) is 11.6 Å². The second kappa shape index (κ2) is 9.17. The van der Waals surface area contributed by atoms with Crippen LogP contribution in [0.25, 0.3) is 0 Å². The molecule has 1 aromatic heterocycles. The molecule has 0 saturated heterocycles. The molecule has 0 amide bonds. The number of hydrogen-bond donors (Lipinski definition) is 0. The van der Waals surface area contributed by atoms with Crippen LogP contribution in [0.5, 0.6) is 5.88 Å². The third-order valence-electron chi connectivity index (χ3n) is 4.62. The fraction of sp³-hybridized carbons (Fsp3) is 0.304. The van der Waals surface area contributed by atoms with Crippen LogP contribution in [0.15, 0.2) is 34.1 Å². The number of aromatic nitrogens is 2. The normalized spacial score (nSPS) is 11.7. The van der Waals surface area contributed by atoms with Crippen molar-refractivity contribution in [2.24, 2.45) is 0 Å². The standard InChI is InChI=1S/C23H21F5N2O2S/c1-11-7-6-8-13(9-11)10-14(31)32-22-20(12(2)29-30(22)23(3,4)5)33-21-18(27)16(25)15(24)17(26)19(21)28/h6-9H,10H2,1-5H3. The Balaban J connectivity index is 2.05. The Kier molecular flexibility index (Phi) is 6.88. The first-order valence-corrected chi connectivity index (χ1v) is 10.7. The maximum atomic E-state index is 14.3. The van der Waals surface area contributed by atoms with Crippen molar-refractivity contribution in [3.8, 4) is 5.88 Å². The largest absolute Gasteiger partial charge is 0.406 e. The van der Waals surface area contributed by atoms with Crippen molar-refractivity contribution >= 4 is 17.7 Å². The van der Waals surface area contributed by atoms with E-state index in [1.807, 2.05) is 13.0 Å². The Bertz CT molecular complexity index is 1210. The number of halogens is 5. The van der Waals surface area contributed by atoms with Gasteiger partial charge in [-0.1, -0.05) is 41.6 Å². The van der Waals surface area contributed by atoms with E-state index in [0.29, 0.717) is 5.56 Å². The molecule has 176 valence electrons. The second-order valence-electron chi connectivity index (χ2n) is 8.44. The Hall–Kier alpha value is -2.88.